The van der Waals surface area contributed by atoms with E-state index in [4.69, 9.17) is 13.9 Å². The lowest BCUT2D eigenvalue weighted by Crippen LogP contribution is -2.50. The predicted molar refractivity (Wildman–Crippen MR) is 97.0 cm³/mol. The summed E-state index contributed by atoms with van der Waals surface area (Å²) in [6.07, 6.45) is 2.69. The molecule has 6 heteroatoms. The molecule has 0 bridgehead atoms. The monoisotopic (exact) mass is 374 g/mol. The van der Waals surface area contributed by atoms with Crippen molar-refractivity contribution >= 4 is 17.7 Å². The molecule has 1 aromatic rings. The average molecular weight is 374 g/mol. The third-order valence-electron chi connectivity index (χ3n) is 5.94. The van der Waals surface area contributed by atoms with Crippen LogP contribution in [-0.2, 0) is 19.1 Å². The first-order valence-electron chi connectivity index (χ1n) is 9.30. The van der Waals surface area contributed by atoms with Gasteiger partial charge in [0.25, 0.3) is 0 Å². The summed E-state index contributed by atoms with van der Waals surface area (Å²) in [5.41, 5.74) is 1.12. The lowest BCUT2D eigenvalue weighted by molar-refractivity contribution is -0.169. The largest absolute Gasteiger partial charge is 0.462 e. The van der Waals surface area contributed by atoms with Gasteiger partial charge in [0.15, 0.2) is 5.76 Å². The molecule has 0 fully saturated rings. The van der Waals surface area contributed by atoms with Crippen molar-refractivity contribution in [2.45, 2.75) is 60.2 Å². The van der Waals surface area contributed by atoms with Crippen LogP contribution in [0.3, 0.4) is 0 Å². The summed E-state index contributed by atoms with van der Waals surface area (Å²) in [5.74, 6) is -1.20. The second kappa shape index (κ2) is 6.66. The number of ether oxygens (including phenoxy) is 2. The summed E-state index contributed by atoms with van der Waals surface area (Å²) in [7, 11) is 0. The van der Waals surface area contributed by atoms with Crippen LogP contribution in [0.1, 0.15) is 68.8 Å². The van der Waals surface area contributed by atoms with Gasteiger partial charge in [-0.15, -0.1) is 0 Å². The Morgan fingerprint density at radius 3 is 2.56 bits per heavy atom. The van der Waals surface area contributed by atoms with Gasteiger partial charge in [-0.25, -0.2) is 0 Å². The maximum atomic E-state index is 13.1. The fourth-order valence-electron chi connectivity index (χ4n) is 4.18. The number of esters is 2. The molecule has 0 saturated carbocycles. The minimum Gasteiger partial charge on any atom is -0.462 e. The van der Waals surface area contributed by atoms with Crippen LogP contribution >= 0.6 is 0 Å². The van der Waals surface area contributed by atoms with Crippen LogP contribution in [0, 0.1) is 24.2 Å². The van der Waals surface area contributed by atoms with E-state index >= 15 is 0 Å². The van der Waals surface area contributed by atoms with Gasteiger partial charge in [0, 0.05) is 35.8 Å². The van der Waals surface area contributed by atoms with Gasteiger partial charge in [-0.2, -0.15) is 0 Å². The van der Waals surface area contributed by atoms with Crippen LogP contribution in [0.2, 0.25) is 0 Å². The normalized spacial score (nSPS) is 29.7. The first kappa shape index (κ1) is 19.4. The summed E-state index contributed by atoms with van der Waals surface area (Å²) in [6, 6.07) is 0. The standard InChI is InChI=1S/C21H26O6/c1-10(2)20(24)27-19-16-11(3)9-25-18(16)17(23)14-7-8-15(26-13(5)22)12(4)21(14,19)6/h7,9-10,12,15,19H,8H2,1-6H3/t12-,15-,19+,21+/m0/s1. The predicted octanol–water partition coefficient (Wildman–Crippen LogP) is 3.93. The van der Waals surface area contributed by atoms with E-state index < -0.39 is 17.6 Å². The molecule has 1 heterocycles. The highest BCUT2D eigenvalue weighted by atomic mass is 16.6. The van der Waals surface area contributed by atoms with Gasteiger partial charge in [0.2, 0.25) is 5.78 Å². The second-order valence-electron chi connectivity index (χ2n) is 8.04. The number of furan rings is 1. The van der Waals surface area contributed by atoms with Crippen LogP contribution in [0.15, 0.2) is 22.3 Å². The molecule has 0 aromatic carbocycles. The van der Waals surface area contributed by atoms with E-state index in [1.165, 1.54) is 13.2 Å². The van der Waals surface area contributed by atoms with Gasteiger partial charge in [0.1, 0.15) is 12.2 Å². The number of hydrogen-bond acceptors (Lipinski definition) is 6. The number of carbonyl (C=O) groups is 3. The van der Waals surface area contributed by atoms with Crippen LogP contribution in [0.25, 0.3) is 0 Å². The minimum absolute atomic E-state index is 0.189. The Kier molecular flexibility index (Phi) is 4.78. The smallest absolute Gasteiger partial charge is 0.309 e. The quantitative estimate of drug-likeness (QED) is 0.746. The summed E-state index contributed by atoms with van der Waals surface area (Å²) >= 11 is 0. The first-order chi connectivity index (χ1) is 12.6. The van der Waals surface area contributed by atoms with Crippen LogP contribution in [0.5, 0.6) is 0 Å². The van der Waals surface area contributed by atoms with Gasteiger partial charge in [0.05, 0.1) is 12.2 Å². The summed E-state index contributed by atoms with van der Waals surface area (Å²) in [4.78, 5) is 37.1. The van der Waals surface area contributed by atoms with Gasteiger partial charge in [-0.3, -0.25) is 14.4 Å². The number of aryl methyl sites for hydroxylation is 1. The molecule has 4 atom stereocenters. The zero-order valence-corrected chi connectivity index (χ0v) is 16.6. The second-order valence-corrected chi connectivity index (χ2v) is 8.04. The summed E-state index contributed by atoms with van der Waals surface area (Å²) < 4.78 is 16.9. The van der Waals surface area contributed by atoms with Gasteiger partial charge in [-0.05, 0) is 12.5 Å². The van der Waals surface area contributed by atoms with Crippen LogP contribution in [0.4, 0.5) is 0 Å². The number of carbonyl (C=O) groups excluding carboxylic acids is 3. The Morgan fingerprint density at radius 1 is 1.30 bits per heavy atom. The molecule has 0 radical (unpaired) electrons. The highest BCUT2D eigenvalue weighted by molar-refractivity contribution is 6.10. The fourth-order valence-corrected chi connectivity index (χ4v) is 4.18. The number of Topliss-reactive ketones (excluding diaryl/α,β-unsaturated/α-hetero) is 1. The van der Waals surface area contributed by atoms with Gasteiger partial charge in [-0.1, -0.05) is 33.8 Å². The Morgan fingerprint density at radius 2 is 1.96 bits per heavy atom. The maximum absolute atomic E-state index is 13.1. The molecular formula is C21H26O6. The number of ketones is 1. The Balaban J connectivity index is 2.16. The topological polar surface area (TPSA) is 82.8 Å². The Bertz CT molecular complexity index is 830. The van der Waals surface area contributed by atoms with Crippen molar-refractivity contribution in [1.82, 2.24) is 0 Å². The van der Waals surface area contributed by atoms with Crippen LogP contribution in [-0.4, -0.2) is 23.8 Å². The zero-order valence-electron chi connectivity index (χ0n) is 16.6. The molecule has 0 aliphatic heterocycles. The Hall–Kier alpha value is -2.37. The molecule has 2 aliphatic rings. The lowest BCUT2D eigenvalue weighted by Gasteiger charge is -2.49. The van der Waals surface area contributed by atoms with E-state index in [-0.39, 0.29) is 35.3 Å². The lowest BCUT2D eigenvalue weighted by atomic mass is 9.57. The van der Waals surface area contributed by atoms with Crippen molar-refractivity contribution in [3.63, 3.8) is 0 Å². The molecule has 146 valence electrons. The Labute approximate surface area is 158 Å². The van der Waals surface area contributed by atoms with E-state index in [9.17, 15) is 14.4 Å². The van der Waals surface area contributed by atoms with Gasteiger partial charge >= 0.3 is 11.9 Å². The number of rotatable bonds is 3. The molecule has 2 aliphatic carbocycles. The van der Waals surface area contributed by atoms with Crippen molar-refractivity contribution in [2.24, 2.45) is 17.3 Å². The van der Waals surface area contributed by atoms with Crippen molar-refractivity contribution in [2.75, 3.05) is 0 Å². The average Bonchev–Trinajstić information content (AvgIpc) is 2.96. The molecule has 0 N–H and O–H groups in total. The van der Waals surface area contributed by atoms with Crippen molar-refractivity contribution < 1.29 is 28.3 Å². The SMILES string of the molecule is CC(=O)O[C@H]1CC=C2C(=O)c3occ(C)c3[C@@H](OC(=O)C(C)C)[C@]2(C)[C@H]1C. The molecule has 6 nitrogen and oxygen atoms in total. The van der Waals surface area contributed by atoms with E-state index in [1.54, 1.807) is 19.9 Å². The third-order valence-corrected chi connectivity index (χ3v) is 5.94. The molecule has 3 rings (SSSR count). The van der Waals surface area contributed by atoms with Crippen molar-refractivity contribution in [3.8, 4) is 0 Å². The van der Waals surface area contributed by atoms with Gasteiger partial charge < -0.3 is 13.9 Å². The van der Waals surface area contributed by atoms with Crippen molar-refractivity contribution in [1.29, 1.82) is 0 Å². The zero-order chi connectivity index (χ0) is 20.1. The van der Waals surface area contributed by atoms with Crippen LogP contribution < -0.4 is 0 Å². The molecular weight excluding hydrogens is 348 g/mol. The van der Waals surface area contributed by atoms with E-state index in [1.807, 2.05) is 20.8 Å². The molecule has 0 saturated heterocycles. The third kappa shape index (κ3) is 2.91. The van der Waals surface area contributed by atoms with E-state index in [0.29, 0.717) is 17.6 Å². The molecule has 27 heavy (non-hydrogen) atoms. The highest BCUT2D eigenvalue weighted by Crippen LogP contribution is 2.58. The van der Waals surface area contributed by atoms with E-state index in [0.717, 1.165) is 5.56 Å². The first-order valence-corrected chi connectivity index (χ1v) is 9.30. The molecule has 0 unspecified atom stereocenters. The maximum Gasteiger partial charge on any atom is 0.309 e. The molecule has 0 spiro atoms. The van der Waals surface area contributed by atoms with Crippen molar-refractivity contribution in [3.05, 3.63) is 34.8 Å². The molecule has 0 amide bonds. The number of fused-ring (bicyclic) bond motifs is 2. The minimum atomic E-state index is -0.818. The highest BCUT2D eigenvalue weighted by Gasteiger charge is 2.58. The number of hydrogen-bond donors (Lipinski definition) is 0. The van der Waals surface area contributed by atoms with E-state index in [2.05, 4.69) is 0 Å². The fraction of sp³-hybridized carbons (Fsp3) is 0.571. The summed E-state index contributed by atoms with van der Waals surface area (Å²) in [6.45, 7) is 10.6. The molecule has 1 aromatic heterocycles. The summed E-state index contributed by atoms with van der Waals surface area (Å²) in [5, 5.41) is 0.